The molecule has 2 unspecified atom stereocenters. The fourth-order valence-corrected chi connectivity index (χ4v) is 6.15. The highest BCUT2D eigenvalue weighted by molar-refractivity contribution is 5.94. The van der Waals surface area contributed by atoms with Crippen molar-refractivity contribution in [1.82, 2.24) is 14.9 Å². The Kier molecular flexibility index (Phi) is 7.31. The molecule has 1 aromatic heterocycles. The number of carbonyl (C=O) groups excluding carboxylic acids is 3. The van der Waals surface area contributed by atoms with Crippen molar-refractivity contribution >= 4 is 30.1 Å². The molecule has 6 rings (SSSR count). The van der Waals surface area contributed by atoms with Crippen molar-refractivity contribution in [1.29, 1.82) is 5.26 Å². The minimum Gasteiger partial charge on any atom is -0.492 e. The number of benzene rings is 1. The van der Waals surface area contributed by atoms with Crippen LogP contribution >= 0.6 is 0 Å². The van der Waals surface area contributed by atoms with E-state index in [-0.39, 0.29) is 42.6 Å². The van der Waals surface area contributed by atoms with Crippen molar-refractivity contribution in [3.8, 4) is 17.7 Å². The molecule has 0 radical (unpaired) electrons. The van der Waals surface area contributed by atoms with Crippen LogP contribution in [0.15, 0.2) is 18.3 Å². The van der Waals surface area contributed by atoms with E-state index in [0.29, 0.717) is 63.2 Å². The number of ether oxygens (including phenoxy) is 4. The van der Waals surface area contributed by atoms with Gasteiger partial charge < -0.3 is 34.9 Å². The summed E-state index contributed by atoms with van der Waals surface area (Å²) in [5, 5.41) is 12.5. The number of carbonyl (C=O) groups is 3. The summed E-state index contributed by atoms with van der Waals surface area (Å²) in [7, 11) is 0. The van der Waals surface area contributed by atoms with Crippen molar-refractivity contribution in [2.75, 3.05) is 49.6 Å². The number of likely N-dealkylation sites (tertiary alicyclic amines) is 1. The molecule has 2 amide bonds. The average Bonchev–Trinajstić information content (AvgIpc) is 3.48. The van der Waals surface area contributed by atoms with Gasteiger partial charge in [-0.15, -0.1) is 0 Å². The van der Waals surface area contributed by atoms with E-state index in [1.807, 2.05) is 19.9 Å². The van der Waals surface area contributed by atoms with Crippen LogP contribution in [0.2, 0.25) is 0 Å². The molecule has 2 aromatic rings. The zero-order valence-corrected chi connectivity index (χ0v) is 24.0. The third-order valence-electron chi connectivity index (χ3n) is 8.22. The van der Waals surface area contributed by atoms with Crippen LogP contribution in [-0.4, -0.2) is 83.9 Å². The van der Waals surface area contributed by atoms with Crippen LogP contribution in [0.5, 0.6) is 11.6 Å². The number of anilines is 2. The minimum absolute atomic E-state index is 0.0617. The van der Waals surface area contributed by atoms with E-state index in [1.165, 1.54) is 11.1 Å². The molecule has 4 heterocycles. The first-order valence-electron chi connectivity index (χ1n) is 14.2. The molecule has 4 aliphatic rings. The molecule has 3 aliphatic heterocycles. The number of fused-ring (bicyclic) bond motifs is 2. The van der Waals surface area contributed by atoms with Gasteiger partial charge in [0.05, 0.1) is 24.4 Å². The molecule has 2 atom stereocenters. The van der Waals surface area contributed by atoms with Crippen molar-refractivity contribution < 1.29 is 33.3 Å². The Balaban J connectivity index is 1.11. The van der Waals surface area contributed by atoms with Crippen LogP contribution in [0, 0.1) is 17.2 Å². The Bertz CT molecular complexity index is 1490. The highest BCUT2D eigenvalue weighted by Gasteiger charge is 2.49. The van der Waals surface area contributed by atoms with E-state index >= 15 is 0 Å². The van der Waals surface area contributed by atoms with E-state index in [1.54, 1.807) is 6.07 Å². The van der Waals surface area contributed by atoms with Crippen LogP contribution in [0.1, 0.15) is 49.5 Å². The van der Waals surface area contributed by atoms with E-state index in [2.05, 4.69) is 26.3 Å². The molecule has 1 spiro atoms. The van der Waals surface area contributed by atoms with Gasteiger partial charge in [-0.2, -0.15) is 5.26 Å². The number of nitrogens with zero attached hydrogens (tertiary/aromatic N) is 5. The number of nitrogens with two attached hydrogens (primary N) is 1. The average molecular weight is 592 g/mol. The smallest absolute Gasteiger partial charge is 0.416 e. The molecule has 43 heavy (non-hydrogen) atoms. The summed E-state index contributed by atoms with van der Waals surface area (Å²) < 4.78 is 22.6. The standard InChI is InChI=1S/C29H33N7O7/c1-28(2,31)15-41-19-7-17(10-30)20-8-18(24(42-16-37)21(20)9-19)12-35-5-3-29(4-6-35)14-36(27(39)43-29)22-11-32-26-25(33-22)34-23(38)13-40-26/h7,9,11,16,18,24H,3-6,8,12-15,31H2,1-2H3,(H,33,34,38). The van der Waals surface area contributed by atoms with Gasteiger partial charge in [0.1, 0.15) is 24.1 Å². The Labute approximate surface area is 248 Å². The van der Waals surface area contributed by atoms with Gasteiger partial charge in [0.25, 0.3) is 18.3 Å². The van der Waals surface area contributed by atoms with E-state index < -0.39 is 23.3 Å². The molecular weight excluding hydrogens is 558 g/mol. The summed E-state index contributed by atoms with van der Waals surface area (Å²) in [6.07, 6.45) is 2.18. The topological polar surface area (TPSA) is 182 Å². The van der Waals surface area contributed by atoms with Gasteiger partial charge in [-0.3, -0.25) is 14.5 Å². The van der Waals surface area contributed by atoms with Gasteiger partial charge >= 0.3 is 6.09 Å². The molecule has 1 aliphatic carbocycles. The number of hydrogen-bond acceptors (Lipinski definition) is 12. The largest absolute Gasteiger partial charge is 0.492 e. The Morgan fingerprint density at radius 1 is 1.30 bits per heavy atom. The third kappa shape index (κ3) is 5.78. The fraction of sp³-hybridized carbons (Fsp3) is 0.517. The molecule has 0 bridgehead atoms. The second kappa shape index (κ2) is 11.0. The first kappa shape index (κ1) is 28.6. The summed E-state index contributed by atoms with van der Waals surface area (Å²) in [6, 6.07) is 5.82. The number of rotatable bonds is 8. The normalized spacial score (nSPS) is 22.6. The van der Waals surface area contributed by atoms with E-state index in [0.717, 1.165) is 11.1 Å². The third-order valence-corrected chi connectivity index (χ3v) is 8.22. The first-order chi connectivity index (χ1) is 20.6. The minimum atomic E-state index is -0.681. The number of nitrogens with one attached hydrogen (secondary N) is 1. The number of nitriles is 1. The maximum absolute atomic E-state index is 12.9. The number of amides is 2. The van der Waals surface area contributed by atoms with Crippen LogP contribution in [0.4, 0.5) is 16.4 Å². The summed E-state index contributed by atoms with van der Waals surface area (Å²) in [5.41, 5.74) is 6.97. The SMILES string of the molecule is CC(C)(N)COc1cc(C#N)c2c(c1)C(OC=O)C(CN1CCC3(CC1)CN(c1cnc4c(n1)NC(=O)CO4)C(=O)O3)C2. The monoisotopic (exact) mass is 591 g/mol. The summed E-state index contributed by atoms with van der Waals surface area (Å²) in [4.78, 5) is 48.3. The van der Waals surface area contributed by atoms with Crippen LogP contribution < -0.4 is 25.4 Å². The van der Waals surface area contributed by atoms with Crippen LogP contribution in [0.25, 0.3) is 0 Å². The molecule has 2 fully saturated rings. The zero-order chi connectivity index (χ0) is 30.4. The van der Waals surface area contributed by atoms with Crippen molar-refractivity contribution in [3.05, 3.63) is 35.0 Å². The van der Waals surface area contributed by atoms with Gasteiger partial charge in [-0.25, -0.2) is 14.8 Å². The molecule has 14 nitrogen and oxygen atoms in total. The molecule has 226 valence electrons. The molecule has 0 saturated carbocycles. The first-order valence-corrected chi connectivity index (χ1v) is 14.2. The predicted octanol–water partition coefficient (Wildman–Crippen LogP) is 1.67. The number of piperidine rings is 1. The van der Waals surface area contributed by atoms with Crippen molar-refractivity contribution in [2.45, 2.75) is 50.4 Å². The Morgan fingerprint density at radius 2 is 2.09 bits per heavy atom. The summed E-state index contributed by atoms with van der Waals surface area (Å²) >= 11 is 0. The lowest BCUT2D eigenvalue weighted by atomic mass is 9.90. The van der Waals surface area contributed by atoms with Gasteiger partial charge in [-0.1, -0.05) is 0 Å². The van der Waals surface area contributed by atoms with E-state index in [9.17, 15) is 19.6 Å². The highest BCUT2D eigenvalue weighted by atomic mass is 16.6. The van der Waals surface area contributed by atoms with Gasteiger partial charge in [0, 0.05) is 49.5 Å². The Hall–Kier alpha value is -4.48. The fourth-order valence-electron chi connectivity index (χ4n) is 6.15. The predicted molar refractivity (Wildman–Crippen MR) is 150 cm³/mol. The van der Waals surface area contributed by atoms with Gasteiger partial charge in [0.2, 0.25) is 0 Å². The summed E-state index contributed by atoms with van der Waals surface area (Å²) in [5.74, 6) is 0.760. The Morgan fingerprint density at radius 3 is 2.81 bits per heavy atom. The van der Waals surface area contributed by atoms with Gasteiger partial charge in [-0.05, 0) is 38.0 Å². The second-order valence-electron chi connectivity index (χ2n) is 12.2. The van der Waals surface area contributed by atoms with Crippen molar-refractivity contribution in [3.63, 3.8) is 0 Å². The van der Waals surface area contributed by atoms with E-state index in [4.69, 9.17) is 24.7 Å². The number of hydrogen-bond donors (Lipinski definition) is 2. The molecule has 2 saturated heterocycles. The lowest BCUT2D eigenvalue weighted by molar-refractivity contribution is -0.136. The maximum atomic E-state index is 12.9. The van der Waals surface area contributed by atoms with Gasteiger partial charge in [0.15, 0.2) is 18.2 Å². The number of aromatic nitrogens is 2. The van der Waals surface area contributed by atoms with Crippen LogP contribution in [0.3, 0.4) is 0 Å². The lowest BCUT2D eigenvalue weighted by Gasteiger charge is -2.38. The molecule has 3 N–H and O–H groups in total. The molecule has 1 aromatic carbocycles. The van der Waals surface area contributed by atoms with Crippen molar-refractivity contribution in [2.24, 2.45) is 11.7 Å². The maximum Gasteiger partial charge on any atom is 0.416 e. The zero-order valence-electron chi connectivity index (χ0n) is 24.0. The van der Waals surface area contributed by atoms with Crippen LogP contribution in [-0.2, 0) is 25.5 Å². The summed E-state index contributed by atoms with van der Waals surface area (Å²) in [6.45, 7) is 6.54. The molecule has 14 heteroatoms. The highest BCUT2D eigenvalue weighted by Crippen LogP contribution is 2.43. The quantitative estimate of drug-likeness (QED) is 0.424. The second-order valence-corrected chi connectivity index (χ2v) is 12.2. The lowest BCUT2D eigenvalue weighted by Crippen LogP contribution is -2.48. The molecular formula is C29H33N7O7.